The number of likely N-dealkylation sites (N-methyl/N-ethyl adjacent to an activating group) is 1. The molecular formula is C12H24N2O. The Bertz CT molecular complexity index is 220. The van der Waals surface area contributed by atoms with Crippen LogP contribution in [0.4, 0.5) is 0 Å². The number of amides is 1. The van der Waals surface area contributed by atoms with Crippen molar-refractivity contribution in [1.82, 2.24) is 10.2 Å². The van der Waals surface area contributed by atoms with Crippen LogP contribution in [0.5, 0.6) is 0 Å². The first-order valence-corrected chi connectivity index (χ1v) is 6.13. The normalized spacial score (nSPS) is 25.9. The van der Waals surface area contributed by atoms with Gasteiger partial charge in [0.2, 0.25) is 5.91 Å². The van der Waals surface area contributed by atoms with Crippen molar-refractivity contribution in [2.75, 3.05) is 13.1 Å². The number of rotatable bonds is 4. The van der Waals surface area contributed by atoms with Gasteiger partial charge in [-0.05, 0) is 46.6 Å². The minimum atomic E-state index is -0.264. The van der Waals surface area contributed by atoms with E-state index in [1.165, 1.54) is 0 Å². The van der Waals surface area contributed by atoms with Crippen LogP contribution in [0.15, 0.2) is 0 Å². The molecule has 1 aliphatic rings. The summed E-state index contributed by atoms with van der Waals surface area (Å²) in [5.74, 6) is 0.292. The van der Waals surface area contributed by atoms with Gasteiger partial charge in [0.05, 0.1) is 5.54 Å². The topological polar surface area (TPSA) is 32.3 Å². The monoisotopic (exact) mass is 212 g/mol. The maximum absolute atomic E-state index is 12.4. The molecule has 1 heterocycles. The Morgan fingerprint density at radius 1 is 1.47 bits per heavy atom. The van der Waals surface area contributed by atoms with Crippen molar-refractivity contribution < 1.29 is 4.79 Å². The molecule has 0 radical (unpaired) electrons. The quantitative estimate of drug-likeness (QED) is 0.770. The summed E-state index contributed by atoms with van der Waals surface area (Å²) in [6.45, 7) is 10.1. The lowest BCUT2D eigenvalue weighted by Crippen LogP contribution is -2.56. The molecule has 1 aliphatic heterocycles. The number of nitrogens with one attached hydrogen (secondary N) is 1. The molecule has 1 amide bonds. The Kier molecular flexibility index (Phi) is 4.14. The third kappa shape index (κ3) is 2.33. The second-order valence-corrected chi connectivity index (χ2v) is 4.65. The van der Waals surface area contributed by atoms with Gasteiger partial charge < -0.3 is 10.2 Å². The molecule has 0 aromatic rings. The molecule has 1 atom stereocenters. The summed E-state index contributed by atoms with van der Waals surface area (Å²) in [6, 6.07) is 0.299. The van der Waals surface area contributed by atoms with Crippen molar-refractivity contribution >= 4 is 5.91 Å². The summed E-state index contributed by atoms with van der Waals surface area (Å²) in [5.41, 5.74) is -0.264. The van der Waals surface area contributed by atoms with E-state index in [2.05, 4.69) is 33.0 Å². The number of carbonyl (C=O) groups is 1. The van der Waals surface area contributed by atoms with Crippen molar-refractivity contribution in [3.05, 3.63) is 0 Å². The zero-order valence-corrected chi connectivity index (χ0v) is 10.5. The molecule has 3 heteroatoms. The van der Waals surface area contributed by atoms with Gasteiger partial charge in [-0.3, -0.25) is 4.79 Å². The van der Waals surface area contributed by atoms with Gasteiger partial charge in [-0.1, -0.05) is 6.92 Å². The molecule has 88 valence electrons. The number of nitrogens with zero attached hydrogens (tertiary/aromatic N) is 1. The van der Waals surface area contributed by atoms with Crippen molar-refractivity contribution in [3.63, 3.8) is 0 Å². The molecule has 3 nitrogen and oxygen atoms in total. The number of hydrogen-bond acceptors (Lipinski definition) is 2. The zero-order chi connectivity index (χ0) is 11.5. The number of hydrogen-bond donors (Lipinski definition) is 1. The summed E-state index contributed by atoms with van der Waals surface area (Å²) in [6.07, 6.45) is 3.01. The number of carbonyl (C=O) groups excluding carboxylic acids is 1. The fourth-order valence-electron chi connectivity index (χ4n) is 2.46. The molecule has 0 aromatic carbocycles. The second-order valence-electron chi connectivity index (χ2n) is 4.65. The van der Waals surface area contributed by atoms with Gasteiger partial charge >= 0.3 is 0 Å². The molecule has 1 N–H and O–H groups in total. The van der Waals surface area contributed by atoms with E-state index in [1.54, 1.807) is 0 Å². The van der Waals surface area contributed by atoms with E-state index >= 15 is 0 Å². The van der Waals surface area contributed by atoms with Gasteiger partial charge in [-0.25, -0.2) is 0 Å². The molecule has 0 aliphatic carbocycles. The minimum Gasteiger partial charge on any atom is -0.339 e. The molecule has 1 rings (SSSR count). The van der Waals surface area contributed by atoms with E-state index < -0.39 is 0 Å². The maximum atomic E-state index is 12.4. The van der Waals surface area contributed by atoms with Crippen LogP contribution in [0.3, 0.4) is 0 Å². The third-order valence-electron chi connectivity index (χ3n) is 3.48. The molecule has 0 saturated carbocycles. The van der Waals surface area contributed by atoms with Crippen LogP contribution in [0.2, 0.25) is 0 Å². The van der Waals surface area contributed by atoms with Crippen LogP contribution in [-0.2, 0) is 4.79 Å². The average Bonchev–Trinajstić information content (AvgIpc) is 2.67. The Labute approximate surface area is 93.2 Å². The lowest BCUT2D eigenvalue weighted by Gasteiger charge is -2.35. The van der Waals surface area contributed by atoms with Gasteiger partial charge in [0.25, 0.3) is 0 Å². The lowest BCUT2D eigenvalue weighted by atomic mass is 9.92. The van der Waals surface area contributed by atoms with Gasteiger partial charge in [0, 0.05) is 12.6 Å². The van der Waals surface area contributed by atoms with E-state index in [4.69, 9.17) is 0 Å². The van der Waals surface area contributed by atoms with E-state index in [0.717, 1.165) is 32.4 Å². The molecular weight excluding hydrogens is 188 g/mol. The van der Waals surface area contributed by atoms with Crippen molar-refractivity contribution in [2.45, 2.75) is 58.5 Å². The summed E-state index contributed by atoms with van der Waals surface area (Å²) in [7, 11) is 0. The summed E-state index contributed by atoms with van der Waals surface area (Å²) >= 11 is 0. The van der Waals surface area contributed by atoms with Crippen molar-refractivity contribution in [1.29, 1.82) is 0 Å². The van der Waals surface area contributed by atoms with Crippen LogP contribution >= 0.6 is 0 Å². The largest absolute Gasteiger partial charge is 0.339 e. The summed E-state index contributed by atoms with van der Waals surface area (Å²) in [4.78, 5) is 14.4. The van der Waals surface area contributed by atoms with Gasteiger partial charge in [0.15, 0.2) is 0 Å². The zero-order valence-electron chi connectivity index (χ0n) is 10.5. The first kappa shape index (κ1) is 12.5. The average molecular weight is 212 g/mol. The summed E-state index contributed by atoms with van der Waals surface area (Å²) < 4.78 is 0. The fraction of sp³-hybridized carbons (Fsp3) is 0.917. The van der Waals surface area contributed by atoms with Crippen molar-refractivity contribution in [3.8, 4) is 0 Å². The van der Waals surface area contributed by atoms with Gasteiger partial charge in [-0.2, -0.15) is 0 Å². The predicted molar refractivity (Wildman–Crippen MR) is 62.8 cm³/mol. The maximum Gasteiger partial charge on any atom is 0.243 e. The third-order valence-corrected chi connectivity index (χ3v) is 3.48. The molecule has 15 heavy (non-hydrogen) atoms. The standard InChI is InChI=1S/C12H24N2O/c1-5-12(8-7-9-13-12)11(15)14(6-2)10(3)4/h10,13H,5-9H2,1-4H3. The minimum absolute atomic E-state index is 0.264. The van der Waals surface area contributed by atoms with Crippen LogP contribution in [-0.4, -0.2) is 35.5 Å². The highest BCUT2D eigenvalue weighted by atomic mass is 16.2. The lowest BCUT2D eigenvalue weighted by molar-refractivity contribution is -0.139. The first-order valence-electron chi connectivity index (χ1n) is 6.13. The molecule has 0 spiro atoms. The van der Waals surface area contributed by atoms with E-state index in [-0.39, 0.29) is 5.54 Å². The molecule has 1 fully saturated rings. The highest BCUT2D eigenvalue weighted by Crippen LogP contribution is 2.26. The van der Waals surface area contributed by atoms with Crippen LogP contribution in [0.1, 0.15) is 47.0 Å². The molecule has 1 saturated heterocycles. The van der Waals surface area contributed by atoms with Gasteiger partial charge in [-0.15, -0.1) is 0 Å². The highest BCUT2D eigenvalue weighted by molar-refractivity contribution is 5.87. The highest BCUT2D eigenvalue weighted by Gasteiger charge is 2.41. The predicted octanol–water partition coefficient (Wildman–Crippen LogP) is 1.78. The Hall–Kier alpha value is -0.570. The Morgan fingerprint density at radius 2 is 2.13 bits per heavy atom. The Balaban J connectivity index is 2.79. The van der Waals surface area contributed by atoms with E-state index in [9.17, 15) is 4.79 Å². The van der Waals surface area contributed by atoms with Crippen molar-refractivity contribution in [2.24, 2.45) is 0 Å². The van der Waals surface area contributed by atoms with E-state index in [0.29, 0.717) is 11.9 Å². The summed E-state index contributed by atoms with van der Waals surface area (Å²) in [5, 5.41) is 3.40. The first-order chi connectivity index (χ1) is 7.07. The molecule has 1 unspecified atom stereocenters. The van der Waals surface area contributed by atoms with Gasteiger partial charge in [0.1, 0.15) is 0 Å². The van der Waals surface area contributed by atoms with Crippen LogP contribution < -0.4 is 5.32 Å². The Morgan fingerprint density at radius 3 is 2.47 bits per heavy atom. The molecule has 0 bridgehead atoms. The smallest absolute Gasteiger partial charge is 0.243 e. The molecule has 0 aromatic heterocycles. The van der Waals surface area contributed by atoms with Crippen LogP contribution in [0, 0.1) is 0 Å². The second kappa shape index (κ2) is 4.97. The van der Waals surface area contributed by atoms with E-state index in [1.807, 2.05) is 4.90 Å². The fourth-order valence-corrected chi connectivity index (χ4v) is 2.46. The SMILES string of the molecule is CCN(C(=O)C1(CC)CCCN1)C(C)C. The van der Waals surface area contributed by atoms with Crippen LogP contribution in [0.25, 0.3) is 0 Å².